The molecule has 0 radical (unpaired) electrons. The fraction of sp³-hybridized carbons (Fsp3) is 0.286. The lowest BCUT2D eigenvalue weighted by Gasteiger charge is -2.15. The minimum Gasteiger partial charge on any atom is -0.475 e. The van der Waals surface area contributed by atoms with E-state index in [1.165, 1.54) is 12.4 Å². The normalized spacial score (nSPS) is 11.7. The molecule has 0 atom stereocenters. The summed E-state index contributed by atoms with van der Waals surface area (Å²) >= 11 is 0. The molecule has 2 rings (SSSR count). The molecule has 21 heavy (non-hydrogen) atoms. The molecule has 108 valence electrons. The maximum Gasteiger partial charge on any atom is 0.241 e. The van der Waals surface area contributed by atoms with Crippen molar-refractivity contribution in [1.29, 1.82) is 5.26 Å². The summed E-state index contributed by atoms with van der Waals surface area (Å²) in [5.74, 6) is -0.192. The Hall–Kier alpha value is -2.88. The number of nitrogens with zero attached hydrogens (tertiary/aromatic N) is 3. The number of nitriles is 1. The molecule has 0 aliphatic rings. The second kappa shape index (κ2) is 5.63. The Labute approximate surface area is 121 Å². The molecule has 2 heterocycles. The minimum atomic E-state index is -0.628. The van der Waals surface area contributed by atoms with Gasteiger partial charge in [-0.15, -0.1) is 0 Å². The van der Waals surface area contributed by atoms with Crippen LogP contribution in [0.1, 0.15) is 19.4 Å². The molecule has 0 bridgehead atoms. The Balaban J connectivity index is 2.38. The summed E-state index contributed by atoms with van der Waals surface area (Å²) in [6.45, 7) is 3.74. The van der Waals surface area contributed by atoms with Crippen LogP contribution in [0, 0.1) is 16.7 Å². The third-order valence-corrected chi connectivity index (χ3v) is 2.77. The van der Waals surface area contributed by atoms with Crippen LogP contribution in [0.4, 0.5) is 0 Å². The number of rotatable bonds is 5. The van der Waals surface area contributed by atoms with Crippen LogP contribution in [0.3, 0.4) is 0 Å². The third-order valence-electron chi connectivity index (χ3n) is 2.77. The van der Waals surface area contributed by atoms with Gasteiger partial charge in [-0.25, -0.2) is 9.97 Å². The largest absolute Gasteiger partial charge is 0.475 e. The zero-order chi connectivity index (χ0) is 15.5. The van der Waals surface area contributed by atoms with Gasteiger partial charge in [-0.05, 0) is 19.9 Å². The minimum absolute atomic E-state index is 0.194. The summed E-state index contributed by atoms with van der Waals surface area (Å²) in [4.78, 5) is 22.0. The first kappa shape index (κ1) is 14.5. The van der Waals surface area contributed by atoms with Crippen LogP contribution >= 0.6 is 0 Å². The highest BCUT2D eigenvalue weighted by atomic mass is 16.5. The average Bonchev–Trinajstić information content (AvgIpc) is 2.87. The van der Waals surface area contributed by atoms with Crippen molar-refractivity contribution >= 4 is 23.0 Å². The molecule has 0 fully saturated rings. The lowest BCUT2D eigenvalue weighted by molar-refractivity contribution is -0.113. The zero-order valence-corrected chi connectivity index (χ0v) is 11.8. The van der Waals surface area contributed by atoms with Gasteiger partial charge >= 0.3 is 0 Å². The summed E-state index contributed by atoms with van der Waals surface area (Å²) in [5, 5.41) is 9.66. The first-order valence-corrected chi connectivity index (χ1v) is 6.26. The lowest BCUT2D eigenvalue weighted by Crippen LogP contribution is -2.19. The summed E-state index contributed by atoms with van der Waals surface area (Å²) in [6.07, 6.45) is 5.86. The maximum atomic E-state index is 10.8. The molecular formula is C14H15N5O2. The van der Waals surface area contributed by atoms with Crippen molar-refractivity contribution in [3.63, 3.8) is 0 Å². The Bertz CT molecular complexity index is 739. The fourth-order valence-electron chi connectivity index (χ4n) is 1.65. The van der Waals surface area contributed by atoms with Crippen molar-refractivity contribution in [3.8, 4) is 11.9 Å². The molecule has 0 aliphatic carbocycles. The SMILES string of the molecule is CC(C)(C#N)COc1ncnc2[nH]cc(/C=C/C(N)=O)c12. The van der Waals surface area contributed by atoms with Crippen LogP contribution in [0.15, 0.2) is 18.6 Å². The fourth-order valence-corrected chi connectivity index (χ4v) is 1.65. The van der Waals surface area contributed by atoms with Gasteiger partial charge in [-0.3, -0.25) is 4.79 Å². The van der Waals surface area contributed by atoms with Crippen LogP contribution in [0.2, 0.25) is 0 Å². The number of aromatic nitrogens is 3. The molecular weight excluding hydrogens is 270 g/mol. The first-order chi connectivity index (χ1) is 9.93. The number of carbonyl (C=O) groups excluding carboxylic acids is 1. The molecule has 7 heteroatoms. The third kappa shape index (κ3) is 3.36. The molecule has 0 unspecified atom stereocenters. The van der Waals surface area contributed by atoms with E-state index in [1.807, 2.05) is 0 Å². The molecule has 0 saturated heterocycles. The zero-order valence-electron chi connectivity index (χ0n) is 11.8. The monoisotopic (exact) mass is 285 g/mol. The van der Waals surface area contributed by atoms with E-state index < -0.39 is 11.3 Å². The van der Waals surface area contributed by atoms with E-state index in [-0.39, 0.29) is 6.61 Å². The summed E-state index contributed by atoms with van der Waals surface area (Å²) in [7, 11) is 0. The van der Waals surface area contributed by atoms with Gasteiger partial charge in [0.25, 0.3) is 0 Å². The van der Waals surface area contributed by atoms with Gasteiger partial charge in [0.05, 0.1) is 16.9 Å². The van der Waals surface area contributed by atoms with Gasteiger partial charge in [0, 0.05) is 17.8 Å². The van der Waals surface area contributed by atoms with Crippen LogP contribution in [0.25, 0.3) is 17.1 Å². The number of amides is 1. The number of fused-ring (bicyclic) bond motifs is 1. The van der Waals surface area contributed by atoms with Gasteiger partial charge in [0.2, 0.25) is 11.8 Å². The molecule has 0 aliphatic heterocycles. The highest BCUT2D eigenvalue weighted by molar-refractivity contribution is 5.96. The van der Waals surface area contributed by atoms with Gasteiger partial charge in [-0.2, -0.15) is 5.26 Å². The van der Waals surface area contributed by atoms with E-state index in [0.717, 1.165) is 0 Å². The van der Waals surface area contributed by atoms with Crippen molar-refractivity contribution in [2.45, 2.75) is 13.8 Å². The standard InChI is InChI=1S/C14H15N5O2/c1-14(2,6-15)7-21-13-11-9(3-4-10(16)20)5-17-12(11)18-8-19-13/h3-5,8H,7H2,1-2H3,(H2,16,20)(H,17,18,19)/b4-3+. The quantitative estimate of drug-likeness (QED) is 0.805. The van der Waals surface area contributed by atoms with Crippen LogP contribution in [-0.2, 0) is 4.79 Å². The van der Waals surface area contributed by atoms with Crippen molar-refractivity contribution in [3.05, 3.63) is 24.2 Å². The number of primary amides is 1. The molecule has 2 aromatic rings. The summed E-state index contributed by atoms with van der Waals surface area (Å²) in [5.41, 5.74) is 5.73. The number of nitrogens with two attached hydrogens (primary N) is 1. The Morgan fingerprint density at radius 3 is 3.00 bits per heavy atom. The predicted molar refractivity (Wildman–Crippen MR) is 77.0 cm³/mol. The molecule has 0 spiro atoms. The van der Waals surface area contributed by atoms with E-state index in [0.29, 0.717) is 22.5 Å². The Morgan fingerprint density at radius 1 is 1.57 bits per heavy atom. The smallest absolute Gasteiger partial charge is 0.241 e. The average molecular weight is 285 g/mol. The van der Waals surface area contributed by atoms with Gasteiger partial charge in [0.1, 0.15) is 18.6 Å². The molecule has 2 aromatic heterocycles. The van der Waals surface area contributed by atoms with E-state index in [1.54, 1.807) is 26.1 Å². The van der Waals surface area contributed by atoms with Crippen LogP contribution < -0.4 is 10.5 Å². The van der Waals surface area contributed by atoms with Crippen molar-refractivity contribution in [2.24, 2.45) is 11.1 Å². The first-order valence-electron chi connectivity index (χ1n) is 6.26. The second-order valence-electron chi connectivity index (χ2n) is 5.17. The van der Waals surface area contributed by atoms with Crippen molar-refractivity contribution < 1.29 is 9.53 Å². The second-order valence-corrected chi connectivity index (χ2v) is 5.17. The number of ether oxygens (including phenoxy) is 1. The lowest BCUT2D eigenvalue weighted by atomic mass is 9.98. The number of hydrogen-bond acceptors (Lipinski definition) is 5. The van der Waals surface area contributed by atoms with Gasteiger partial charge in [-0.1, -0.05) is 0 Å². The highest BCUT2D eigenvalue weighted by Crippen LogP contribution is 2.27. The summed E-state index contributed by atoms with van der Waals surface area (Å²) < 4.78 is 5.64. The van der Waals surface area contributed by atoms with E-state index in [9.17, 15) is 4.79 Å². The van der Waals surface area contributed by atoms with Crippen LogP contribution in [-0.4, -0.2) is 27.5 Å². The maximum absolute atomic E-state index is 10.8. The number of aromatic amines is 1. The Morgan fingerprint density at radius 2 is 2.33 bits per heavy atom. The highest BCUT2D eigenvalue weighted by Gasteiger charge is 2.19. The number of H-pyrrole nitrogens is 1. The number of hydrogen-bond donors (Lipinski definition) is 2. The number of carbonyl (C=O) groups is 1. The number of nitrogens with one attached hydrogen (secondary N) is 1. The van der Waals surface area contributed by atoms with E-state index in [2.05, 4.69) is 21.0 Å². The van der Waals surface area contributed by atoms with Crippen LogP contribution in [0.5, 0.6) is 5.88 Å². The van der Waals surface area contributed by atoms with Gasteiger partial charge in [0.15, 0.2) is 0 Å². The molecule has 7 nitrogen and oxygen atoms in total. The van der Waals surface area contributed by atoms with E-state index >= 15 is 0 Å². The molecule has 0 aromatic carbocycles. The van der Waals surface area contributed by atoms with Gasteiger partial charge < -0.3 is 15.5 Å². The van der Waals surface area contributed by atoms with Crippen molar-refractivity contribution in [1.82, 2.24) is 15.0 Å². The molecule has 0 saturated carbocycles. The van der Waals surface area contributed by atoms with E-state index in [4.69, 9.17) is 15.7 Å². The topological polar surface area (TPSA) is 118 Å². The predicted octanol–water partition coefficient (Wildman–Crippen LogP) is 1.38. The summed E-state index contributed by atoms with van der Waals surface area (Å²) in [6, 6.07) is 2.16. The Kier molecular flexibility index (Phi) is 3.89. The molecule has 1 amide bonds. The van der Waals surface area contributed by atoms with Crippen molar-refractivity contribution in [2.75, 3.05) is 6.61 Å². The molecule has 3 N–H and O–H groups in total.